The maximum atomic E-state index is 14.9. The first-order valence-electron chi connectivity index (χ1n) is 10.3. The Morgan fingerprint density at radius 2 is 1.74 bits per heavy atom. The minimum atomic E-state index is -1.05. The highest BCUT2D eigenvalue weighted by molar-refractivity contribution is 5.83. The fourth-order valence-electron chi connectivity index (χ4n) is 5.09. The van der Waals surface area contributed by atoms with E-state index in [0.29, 0.717) is 11.0 Å². The number of fused-ring (bicyclic) bond motifs is 3. The Balaban J connectivity index is 1.76. The second-order valence-corrected chi connectivity index (χ2v) is 8.40. The number of ether oxygens (including phenoxy) is 1. The first kappa shape index (κ1) is 20.0. The van der Waals surface area contributed by atoms with Gasteiger partial charge in [0.2, 0.25) is 5.82 Å². The van der Waals surface area contributed by atoms with Crippen molar-refractivity contribution in [2.75, 3.05) is 0 Å². The lowest BCUT2D eigenvalue weighted by Gasteiger charge is -2.54. The van der Waals surface area contributed by atoms with Gasteiger partial charge in [-0.2, -0.15) is 4.39 Å². The molecule has 0 spiro atoms. The lowest BCUT2D eigenvalue weighted by molar-refractivity contribution is -0.129. The van der Waals surface area contributed by atoms with E-state index in [-0.39, 0.29) is 11.2 Å². The van der Waals surface area contributed by atoms with Crippen LogP contribution in [0.5, 0.6) is 5.75 Å². The Kier molecular flexibility index (Phi) is 6.02. The van der Waals surface area contributed by atoms with Crippen LogP contribution in [0.25, 0.3) is 0 Å². The minimum absolute atomic E-state index is 0.261. The zero-order valence-electron chi connectivity index (χ0n) is 16.5. The molecule has 0 aliphatic heterocycles. The Bertz CT molecular complexity index is 699. The standard InChI is InChI=1S/C23H30F2O2/c1-3-5-6-10-22-11-14-23(15-12-22,16-13-22)17-8-9-18(21(25)20(17)24)27-19(26)7-4-2/h4,7-9H,3,5-6,10-16H2,1-2H3. The summed E-state index contributed by atoms with van der Waals surface area (Å²) >= 11 is 0. The van der Waals surface area contributed by atoms with Gasteiger partial charge in [-0.05, 0) is 74.3 Å². The molecule has 148 valence electrons. The molecule has 3 fully saturated rings. The van der Waals surface area contributed by atoms with Crippen LogP contribution >= 0.6 is 0 Å². The molecule has 0 atom stereocenters. The van der Waals surface area contributed by atoms with E-state index in [1.165, 1.54) is 43.9 Å². The van der Waals surface area contributed by atoms with Crippen molar-refractivity contribution in [3.05, 3.63) is 41.5 Å². The summed E-state index contributed by atoms with van der Waals surface area (Å²) < 4.78 is 34.3. The van der Waals surface area contributed by atoms with Crippen molar-refractivity contribution in [2.45, 2.75) is 83.5 Å². The predicted molar refractivity (Wildman–Crippen MR) is 103 cm³/mol. The van der Waals surface area contributed by atoms with E-state index >= 15 is 0 Å². The average molecular weight is 376 g/mol. The van der Waals surface area contributed by atoms with Crippen LogP contribution in [0, 0.1) is 17.0 Å². The second-order valence-electron chi connectivity index (χ2n) is 8.40. The van der Waals surface area contributed by atoms with Gasteiger partial charge >= 0.3 is 5.97 Å². The molecule has 0 saturated heterocycles. The van der Waals surface area contributed by atoms with Gasteiger partial charge in [0.1, 0.15) is 0 Å². The van der Waals surface area contributed by atoms with Gasteiger partial charge in [0, 0.05) is 6.08 Å². The molecule has 4 rings (SSSR count). The van der Waals surface area contributed by atoms with Gasteiger partial charge in [-0.1, -0.05) is 38.3 Å². The molecule has 0 amide bonds. The summed E-state index contributed by atoms with van der Waals surface area (Å²) in [5, 5.41) is 0. The van der Waals surface area contributed by atoms with Crippen molar-refractivity contribution in [1.82, 2.24) is 0 Å². The molecule has 2 nitrogen and oxygen atoms in total. The largest absolute Gasteiger partial charge is 0.420 e. The first-order valence-corrected chi connectivity index (χ1v) is 10.3. The molecule has 1 aromatic carbocycles. The van der Waals surface area contributed by atoms with Crippen LogP contribution in [0.15, 0.2) is 24.3 Å². The summed E-state index contributed by atoms with van der Waals surface area (Å²) in [5.41, 5.74) is 0.629. The fraction of sp³-hybridized carbons (Fsp3) is 0.609. The smallest absolute Gasteiger partial charge is 0.335 e. The topological polar surface area (TPSA) is 26.3 Å². The maximum Gasteiger partial charge on any atom is 0.335 e. The lowest BCUT2D eigenvalue weighted by Crippen LogP contribution is -2.44. The molecule has 27 heavy (non-hydrogen) atoms. The number of unbranched alkanes of at least 4 members (excludes halogenated alkanes) is 2. The molecule has 3 aliphatic carbocycles. The molecular formula is C23H30F2O2. The lowest BCUT2D eigenvalue weighted by atomic mass is 9.51. The third kappa shape index (κ3) is 3.95. The Hall–Kier alpha value is -1.71. The maximum absolute atomic E-state index is 14.9. The quantitative estimate of drug-likeness (QED) is 0.231. The number of rotatable bonds is 7. The van der Waals surface area contributed by atoms with E-state index in [1.807, 2.05) is 0 Å². The van der Waals surface area contributed by atoms with Crippen LogP contribution in [0.2, 0.25) is 0 Å². The van der Waals surface area contributed by atoms with E-state index in [2.05, 4.69) is 6.92 Å². The van der Waals surface area contributed by atoms with Crippen molar-refractivity contribution in [3.63, 3.8) is 0 Å². The zero-order chi connectivity index (χ0) is 19.5. The highest BCUT2D eigenvalue weighted by Crippen LogP contribution is 2.60. The van der Waals surface area contributed by atoms with E-state index in [0.717, 1.165) is 38.5 Å². The van der Waals surface area contributed by atoms with Gasteiger partial charge in [-0.15, -0.1) is 0 Å². The highest BCUT2D eigenvalue weighted by Gasteiger charge is 2.50. The van der Waals surface area contributed by atoms with Crippen LogP contribution in [0.1, 0.15) is 83.6 Å². The third-order valence-corrected chi connectivity index (χ3v) is 6.84. The Morgan fingerprint density at radius 3 is 2.33 bits per heavy atom. The van der Waals surface area contributed by atoms with Gasteiger partial charge in [0.05, 0.1) is 0 Å². The van der Waals surface area contributed by atoms with Crippen LogP contribution in [0.3, 0.4) is 0 Å². The predicted octanol–water partition coefficient (Wildman–Crippen LogP) is 6.62. The van der Waals surface area contributed by atoms with E-state index in [1.54, 1.807) is 13.0 Å². The molecule has 0 heterocycles. The summed E-state index contributed by atoms with van der Waals surface area (Å²) in [6.45, 7) is 3.89. The molecule has 0 N–H and O–H groups in total. The van der Waals surface area contributed by atoms with Crippen molar-refractivity contribution >= 4 is 5.97 Å². The Labute approximate surface area is 161 Å². The summed E-state index contributed by atoms with van der Waals surface area (Å²) in [6.07, 6.45) is 13.8. The number of carbonyl (C=O) groups is 1. The van der Waals surface area contributed by atoms with Crippen molar-refractivity contribution in [3.8, 4) is 5.75 Å². The van der Waals surface area contributed by atoms with Gasteiger partial charge < -0.3 is 4.74 Å². The number of allylic oxidation sites excluding steroid dienone is 1. The van der Waals surface area contributed by atoms with E-state index in [9.17, 15) is 13.6 Å². The Morgan fingerprint density at radius 1 is 1.07 bits per heavy atom. The number of hydrogen-bond donors (Lipinski definition) is 0. The molecule has 3 aliphatic rings. The monoisotopic (exact) mass is 376 g/mol. The van der Waals surface area contributed by atoms with Gasteiger partial charge in [0.25, 0.3) is 0 Å². The molecule has 1 aromatic rings. The molecule has 0 radical (unpaired) electrons. The highest BCUT2D eigenvalue weighted by atomic mass is 19.2. The first-order chi connectivity index (χ1) is 13.0. The molecule has 0 aromatic heterocycles. The molecule has 3 saturated carbocycles. The summed E-state index contributed by atoms with van der Waals surface area (Å²) in [7, 11) is 0. The molecular weight excluding hydrogens is 346 g/mol. The normalized spacial score (nSPS) is 27.3. The van der Waals surface area contributed by atoms with Crippen LogP contribution in [0.4, 0.5) is 8.78 Å². The SMILES string of the molecule is CC=CC(=O)Oc1ccc(C23CCC(CCCCC)(CC2)CC3)c(F)c1F. The molecule has 2 bridgehead atoms. The van der Waals surface area contributed by atoms with Gasteiger partial charge in [0.15, 0.2) is 11.6 Å². The summed E-state index contributed by atoms with van der Waals surface area (Å²) in [6, 6.07) is 3.04. The minimum Gasteiger partial charge on any atom is -0.420 e. The third-order valence-electron chi connectivity index (χ3n) is 6.84. The molecule has 0 unspecified atom stereocenters. The van der Waals surface area contributed by atoms with Crippen molar-refractivity contribution in [1.29, 1.82) is 0 Å². The van der Waals surface area contributed by atoms with Crippen LogP contribution < -0.4 is 4.74 Å². The molecule has 4 heteroatoms. The number of benzene rings is 1. The number of halogens is 2. The van der Waals surface area contributed by atoms with Crippen LogP contribution in [-0.2, 0) is 10.2 Å². The number of carbonyl (C=O) groups excluding carboxylic acids is 1. The average Bonchev–Trinajstić information content (AvgIpc) is 2.67. The zero-order valence-corrected chi connectivity index (χ0v) is 16.5. The van der Waals surface area contributed by atoms with E-state index in [4.69, 9.17) is 4.74 Å². The van der Waals surface area contributed by atoms with Crippen LogP contribution in [-0.4, -0.2) is 5.97 Å². The van der Waals surface area contributed by atoms with Crippen molar-refractivity contribution < 1.29 is 18.3 Å². The second kappa shape index (κ2) is 8.12. The van der Waals surface area contributed by atoms with Crippen molar-refractivity contribution in [2.24, 2.45) is 5.41 Å². The fourth-order valence-corrected chi connectivity index (χ4v) is 5.09. The summed E-state index contributed by atoms with van der Waals surface area (Å²) in [4.78, 5) is 11.5. The van der Waals surface area contributed by atoms with E-state index < -0.39 is 17.6 Å². The number of hydrogen-bond acceptors (Lipinski definition) is 2. The summed E-state index contributed by atoms with van der Waals surface area (Å²) in [5.74, 6) is -2.93. The van der Waals surface area contributed by atoms with Gasteiger partial charge in [-0.25, -0.2) is 9.18 Å². The van der Waals surface area contributed by atoms with Gasteiger partial charge in [-0.3, -0.25) is 0 Å². The number of esters is 1.